The molecule has 2 aromatic carbocycles. The van der Waals surface area contributed by atoms with E-state index in [0.717, 1.165) is 12.8 Å². The van der Waals surface area contributed by atoms with Gasteiger partial charge in [-0.1, -0.05) is 18.2 Å². The number of carbonyl (C=O) groups excluding carboxylic acids is 1. The second-order valence-corrected chi connectivity index (χ2v) is 10.4. The molecule has 0 aromatic heterocycles. The minimum Gasteiger partial charge on any atom is -0.497 e. The zero-order valence-corrected chi connectivity index (χ0v) is 19.2. The van der Waals surface area contributed by atoms with Gasteiger partial charge >= 0.3 is 16.1 Å². The third-order valence-corrected chi connectivity index (χ3v) is 6.07. The van der Waals surface area contributed by atoms with Crippen molar-refractivity contribution in [1.29, 1.82) is 0 Å². The summed E-state index contributed by atoms with van der Waals surface area (Å²) in [6.07, 6.45) is 2.20. The fraction of sp³-hybridized carbons (Fsp3) is 0.435. The Morgan fingerprint density at radius 2 is 1.74 bits per heavy atom. The molecule has 1 N–H and O–H groups in total. The van der Waals surface area contributed by atoms with E-state index >= 15 is 0 Å². The van der Waals surface area contributed by atoms with E-state index in [1.165, 1.54) is 19.2 Å². The molecule has 0 bridgehead atoms. The van der Waals surface area contributed by atoms with Crippen LogP contribution in [0.3, 0.4) is 0 Å². The maximum atomic E-state index is 12.8. The number of rotatable bonds is 8. The lowest BCUT2D eigenvalue weighted by atomic mass is 10.1. The van der Waals surface area contributed by atoms with Crippen molar-refractivity contribution < 1.29 is 22.1 Å². The standard InChI is InChI=1S/C23H30N2O5S/c1-23(2,3)24-22(26)25(15-17-9-10-17)16-18-7-5-6-8-21(18)30-31(27,28)20-13-11-19(29-4)12-14-20/h5-8,11-14,17H,9-10,15-16H2,1-4H3,(H,24,26). The van der Waals surface area contributed by atoms with E-state index in [1.54, 1.807) is 41.3 Å². The van der Waals surface area contributed by atoms with Crippen molar-refractivity contribution in [2.24, 2.45) is 5.92 Å². The molecule has 1 aliphatic rings. The molecule has 1 saturated carbocycles. The third kappa shape index (κ3) is 6.62. The van der Waals surface area contributed by atoms with Crippen LogP contribution in [0.4, 0.5) is 4.79 Å². The summed E-state index contributed by atoms with van der Waals surface area (Å²) in [6, 6.07) is 12.7. The molecule has 8 heteroatoms. The van der Waals surface area contributed by atoms with Gasteiger partial charge in [0, 0.05) is 17.6 Å². The van der Waals surface area contributed by atoms with E-state index in [9.17, 15) is 13.2 Å². The first-order chi connectivity index (χ1) is 14.6. The first-order valence-corrected chi connectivity index (χ1v) is 11.7. The largest absolute Gasteiger partial charge is 0.497 e. The van der Waals surface area contributed by atoms with Crippen LogP contribution >= 0.6 is 0 Å². The number of carbonyl (C=O) groups is 1. The van der Waals surface area contributed by atoms with Crippen LogP contribution in [0.25, 0.3) is 0 Å². The Hall–Kier alpha value is -2.74. The SMILES string of the molecule is COc1ccc(S(=O)(=O)Oc2ccccc2CN(CC2CC2)C(=O)NC(C)(C)C)cc1. The van der Waals surface area contributed by atoms with E-state index in [4.69, 9.17) is 8.92 Å². The van der Waals surface area contributed by atoms with Crippen molar-refractivity contribution in [3.8, 4) is 11.5 Å². The van der Waals surface area contributed by atoms with Crippen molar-refractivity contribution in [3.63, 3.8) is 0 Å². The summed E-state index contributed by atoms with van der Waals surface area (Å²) in [7, 11) is -2.52. The highest BCUT2D eigenvalue weighted by atomic mass is 32.2. The summed E-state index contributed by atoms with van der Waals surface area (Å²) in [5, 5.41) is 2.99. The third-order valence-electron chi connectivity index (χ3n) is 4.83. The fourth-order valence-electron chi connectivity index (χ4n) is 3.06. The zero-order valence-electron chi connectivity index (χ0n) is 18.4. The number of nitrogens with zero attached hydrogens (tertiary/aromatic N) is 1. The van der Waals surface area contributed by atoms with Gasteiger partial charge in [-0.3, -0.25) is 0 Å². The normalized spacial score (nSPS) is 14.1. The zero-order chi connectivity index (χ0) is 22.6. The number of methoxy groups -OCH3 is 1. The van der Waals surface area contributed by atoms with Gasteiger partial charge in [-0.05, 0) is 69.9 Å². The van der Waals surface area contributed by atoms with E-state index in [1.807, 2.05) is 20.8 Å². The van der Waals surface area contributed by atoms with E-state index in [2.05, 4.69) is 5.32 Å². The van der Waals surface area contributed by atoms with Crippen molar-refractivity contribution in [1.82, 2.24) is 10.2 Å². The Kier molecular flexibility index (Phi) is 6.79. The van der Waals surface area contributed by atoms with Gasteiger partial charge in [-0.15, -0.1) is 0 Å². The van der Waals surface area contributed by atoms with Gasteiger partial charge in [0.15, 0.2) is 0 Å². The second kappa shape index (κ2) is 9.18. The molecule has 0 spiro atoms. The van der Waals surface area contributed by atoms with Gasteiger partial charge in [-0.2, -0.15) is 8.42 Å². The highest BCUT2D eigenvalue weighted by Gasteiger charge is 2.29. The molecule has 0 unspecified atom stereocenters. The molecule has 0 heterocycles. The number of ether oxygens (including phenoxy) is 1. The molecule has 2 aromatic rings. The Labute approximate surface area is 184 Å². The number of nitrogens with one attached hydrogen (secondary N) is 1. The van der Waals surface area contributed by atoms with Crippen LogP contribution < -0.4 is 14.2 Å². The van der Waals surface area contributed by atoms with Gasteiger partial charge in [0.1, 0.15) is 16.4 Å². The van der Waals surface area contributed by atoms with Gasteiger partial charge in [0.05, 0.1) is 13.7 Å². The molecule has 7 nitrogen and oxygen atoms in total. The quantitative estimate of drug-likeness (QED) is 0.615. The maximum absolute atomic E-state index is 12.8. The lowest BCUT2D eigenvalue weighted by molar-refractivity contribution is 0.183. The second-order valence-electron chi connectivity index (χ2n) is 8.82. The Balaban J connectivity index is 1.81. The highest BCUT2D eigenvalue weighted by Crippen LogP contribution is 2.31. The number of para-hydroxylation sites is 1. The summed E-state index contributed by atoms with van der Waals surface area (Å²) >= 11 is 0. The summed E-state index contributed by atoms with van der Waals surface area (Å²) in [4.78, 5) is 14.6. The molecule has 1 fully saturated rings. The first kappa shape index (κ1) is 22.9. The van der Waals surface area contributed by atoms with Gasteiger partial charge in [-0.25, -0.2) is 4.79 Å². The molecule has 0 saturated heterocycles. The summed E-state index contributed by atoms with van der Waals surface area (Å²) in [5.74, 6) is 1.25. The average Bonchev–Trinajstić information content (AvgIpc) is 3.51. The molecule has 0 aliphatic heterocycles. The topological polar surface area (TPSA) is 84.9 Å². The van der Waals surface area contributed by atoms with E-state index < -0.39 is 10.1 Å². The highest BCUT2D eigenvalue weighted by molar-refractivity contribution is 7.87. The van der Waals surface area contributed by atoms with Crippen molar-refractivity contribution in [3.05, 3.63) is 54.1 Å². The summed E-state index contributed by atoms with van der Waals surface area (Å²) in [5.41, 5.74) is 0.261. The number of amides is 2. The first-order valence-electron chi connectivity index (χ1n) is 10.3. The summed E-state index contributed by atoms with van der Waals surface area (Å²) in [6.45, 7) is 6.67. The van der Waals surface area contributed by atoms with E-state index in [0.29, 0.717) is 23.8 Å². The average molecular weight is 447 g/mol. The molecule has 168 valence electrons. The molecule has 0 radical (unpaired) electrons. The maximum Gasteiger partial charge on any atom is 0.339 e. The Morgan fingerprint density at radius 1 is 1.10 bits per heavy atom. The number of hydrogen-bond acceptors (Lipinski definition) is 5. The van der Waals surface area contributed by atoms with Crippen molar-refractivity contribution in [2.45, 2.75) is 50.6 Å². The van der Waals surface area contributed by atoms with Crippen LogP contribution in [0, 0.1) is 5.92 Å². The predicted octanol–water partition coefficient (Wildman–Crippen LogP) is 4.18. The van der Waals surface area contributed by atoms with Crippen LogP contribution in [-0.2, 0) is 16.7 Å². The van der Waals surface area contributed by atoms with Gasteiger partial charge in [0.2, 0.25) is 0 Å². The molecule has 31 heavy (non-hydrogen) atoms. The number of benzene rings is 2. The molecular formula is C23H30N2O5S. The fourth-order valence-corrected chi connectivity index (χ4v) is 4.03. The predicted molar refractivity (Wildman–Crippen MR) is 119 cm³/mol. The molecule has 0 atom stereocenters. The molecule has 1 aliphatic carbocycles. The van der Waals surface area contributed by atoms with Crippen molar-refractivity contribution in [2.75, 3.05) is 13.7 Å². The van der Waals surface area contributed by atoms with Crippen LogP contribution in [0.1, 0.15) is 39.2 Å². The van der Waals surface area contributed by atoms with Crippen LogP contribution in [0.2, 0.25) is 0 Å². The number of hydrogen-bond donors (Lipinski definition) is 1. The van der Waals surface area contributed by atoms with Crippen LogP contribution in [-0.4, -0.2) is 38.5 Å². The Bertz CT molecular complexity index is 1010. The molecule has 3 rings (SSSR count). The van der Waals surface area contributed by atoms with Gasteiger partial charge < -0.3 is 19.1 Å². The minimum absolute atomic E-state index is 0.0309. The van der Waals surface area contributed by atoms with Gasteiger partial charge in [0.25, 0.3) is 0 Å². The molecular weight excluding hydrogens is 416 g/mol. The molecule has 2 amide bonds. The van der Waals surface area contributed by atoms with Crippen LogP contribution in [0.5, 0.6) is 11.5 Å². The summed E-state index contributed by atoms with van der Waals surface area (Å²) < 4.78 is 36.1. The Morgan fingerprint density at radius 3 is 2.32 bits per heavy atom. The van der Waals surface area contributed by atoms with Crippen LogP contribution in [0.15, 0.2) is 53.4 Å². The lowest BCUT2D eigenvalue weighted by Crippen LogP contribution is -2.48. The monoisotopic (exact) mass is 446 g/mol. The number of urea groups is 1. The van der Waals surface area contributed by atoms with E-state index in [-0.39, 0.29) is 28.8 Å². The lowest BCUT2D eigenvalue weighted by Gasteiger charge is -2.29. The van der Waals surface area contributed by atoms with Crippen molar-refractivity contribution >= 4 is 16.1 Å². The minimum atomic E-state index is -4.03. The smallest absolute Gasteiger partial charge is 0.339 e.